The predicted octanol–water partition coefficient (Wildman–Crippen LogP) is 3.11. The first-order valence-corrected chi connectivity index (χ1v) is 10.1. The molecule has 0 fully saturated rings. The molecule has 1 aromatic heterocycles. The summed E-state index contributed by atoms with van der Waals surface area (Å²) in [5, 5.41) is 24.2. The van der Waals surface area contributed by atoms with Crippen LogP contribution in [0, 0.1) is 10.1 Å². The van der Waals surface area contributed by atoms with Crippen molar-refractivity contribution in [3.63, 3.8) is 0 Å². The van der Waals surface area contributed by atoms with Gasteiger partial charge >= 0.3 is 0 Å². The minimum Gasteiger partial charge on any atom is -0.351 e. The number of nitrogens with one attached hydrogen (secondary N) is 2. The maximum absolute atomic E-state index is 12.2. The molecule has 11 heteroatoms. The summed E-state index contributed by atoms with van der Waals surface area (Å²) in [5.41, 5.74) is 0.976. The smallest absolute Gasteiger partial charge is 0.270 e. The van der Waals surface area contributed by atoms with Gasteiger partial charge in [-0.3, -0.25) is 25.0 Å². The summed E-state index contributed by atoms with van der Waals surface area (Å²) in [5.74, 6) is -0.501. The van der Waals surface area contributed by atoms with E-state index in [4.69, 9.17) is 0 Å². The Morgan fingerprint density at radius 2 is 1.90 bits per heavy atom. The lowest BCUT2D eigenvalue weighted by Gasteiger charge is -2.03. The van der Waals surface area contributed by atoms with Gasteiger partial charge in [0.2, 0.25) is 11.0 Å². The second kappa shape index (κ2) is 9.75. The van der Waals surface area contributed by atoms with Crippen molar-refractivity contribution in [3.05, 3.63) is 75.8 Å². The van der Waals surface area contributed by atoms with Gasteiger partial charge in [0.25, 0.3) is 11.6 Å². The van der Waals surface area contributed by atoms with E-state index in [2.05, 4.69) is 20.8 Å². The van der Waals surface area contributed by atoms with Crippen LogP contribution in [-0.2, 0) is 11.3 Å². The van der Waals surface area contributed by atoms with E-state index in [0.717, 1.165) is 16.9 Å². The lowest BCUT2D eigenvalue weighted by Crippen LogP contribution is -2.24. The number of nitro groups is 1. The molecule has 29 heavy (non-hydrogen) atoms. The van der Waals surface area contributed by atoms with Crippen molar-refractivity contribution >= 4 is 45.7 Å². The molecular formula is C18H15N5O4S2. The summed E-state index contributed by atoms with van der Waals surface area (Å²) in [6.45, 7) is 0.445. The Morgan fingerprint density at radius 1 is 1.10 bits per heavy atom. The van der Waals surface area contributed by atoms with Crippen molar-refractivity contribution in [3.8, 4) is 0 Å². The molecule has 0 radical (unpaired) electrons. The number of hydrogen-bond acceptors (Lipinski definition) is 8. The molecule has 2 aromatic carbocycles. The minimum absolute atomic E-state index is 0.142. The van der Waals surface area contributed by atoms with Crippen LogP contribution in [0.4, 0.5) is 10.8 Å². The molecule has 0 bridgehead atoms. The number of nitrogens with zero attached hydrogens (tertiary/aromatic N) is 3. The number of hydrogen-bond donors (Lipinski definition) is 2. The molecule has 0 spiro atoms. The fraction of sp³-hybridized carbons (Fsp3) is 0.111. The molecule has 1 heterocycles. The van der Waals surface area contributed by atoms with Gasteiger partial charge in [0.1, 0.15) is 0 Å². The van der Waals surface area contributed by atoms with Crippen molar-refractivity contribution in [1.82, 2.24) is 15.5 Å². The fourth-order valence-corrected chi connectivity index (χ4v) is 3.80. The summed E-state index contributed by atoms with van der Waals surface area (Å²) < 4.78 is 0.522. The number of rotatable bonds is 8. The largest absolute Gasteiger partial charge is 0.351 e. The molecule has 2 N–H and O–H groups in total. The van der Waals surface area contributed by atoms with E-state index in [9.17, 15) is 19.7 Å². The minimum atomic E-state index is -0.570. The van der Waals surface area contributed by atoms with Gasteiger partial charge in [-0.2, -0.15) is 0 Å². The average Bonchev–Trinajstić information content (AvgIpc) is 3.19. The third kappa shape index (κ3) is 6.09. The third-order valence-corrected chi connectivity index (χ3v) is 5.58. The topological polar surface area (TPSA) is 127 Å². The number of nitro benzene ring substituents is 1. The second-order valence-corrected chi connectivity index (χ2v) is 7.89. The zero-order chi connectivity index (χ0) is 20.6. The monoisotopic (exact) mass is 429 g/mol. The van der Waals surface area contributed by atoms with E-state index in [1.165, 1.54) is 36.0 Å². The Morgan fingerprint density at radius 3 is 2.66 bits per heavy atom. The van der Waals surface area contributed by atoms with Crippen LogP contribution >= 0.6 is 23.1 Å². The Kier molecular flexibility index (Phi) is 6.87. The predicted molar refractivity (Wildman–Crippen MR) is 110 cm³/mol. The molecule has 9 nitrogen and oxygen atoms in total. The standard InChI is InChI=1S/C18H15N5O4S2/c24-15(19-10-12-5-2-1-3-6-12)11-28-18-22-21-17(29-18)20-16(25)13-7-4-8-14(9-13)23(26)27/h1-9H,10-11H2,(H,19,24)(H,20,21,25). The quantitative estimate of drug-likeness (QED) is 0.244. The van der Waals surface area contributed by atoms with Crippen molar-refractivity contribution in [2.24, 2.45) is 0 Å². The second-order valence-electron chi connectivity index (χ2n) is 5.69. The lowest BCUT2D eigenvalue weighted by molar-refractivity contribution is -0.384. The molecule has 0 saturated carbocycles. The van der Waals surface area contributed by atoms with Crippen LogP contribution in [0.5, 0.6) is 0 Å². The first-order valence-electron chi connectivity index (χ1n) is 8.34. The molecule has 0 saturated heterocycles. The summed E-state index contributed by atoms with van der Waals surface area (Å²) >= 11 is 2.32. The molecule has 3 aromatic rings. The molecule has 0 aliphatic rings. The summed E-state index contributed by atoms with van der Waals surface area (Å²) in [7, 11) is 0. The van der Waals surface area contributed by atoms with E-state index < -0.39 is 10.8 Å². The molecule has 0 aliphatic heterocycles. The molecule has 0 aliphatic carbocycles. The van der Waals surface area contributed by atoms with E-state index in [1.54, 1.807) is 0 Å². The van der Waals surface area contributed by atoms with Gasteiger partial charge in [0.05, 0.1) is 10.7 Å². The maximum atomic E-state index is 12.2. The first-order chi connectivity index (χ1) is 14.0. The van der Waals surface area contributed by atoms with Gasteiger partial charge in [-0.05, 0) is 11.6 Å². The Bertz CT molecular complexity index is 1030. The average molecular weight is 429 g/mol. The number of aromatic nitrogens is 2. The zero-order valence-corrected chi connectivity index (χ0v) is 16.5. The molecule has 2 amide bonds. The highest BCUT2D eigenvalue weighted by molar-refractivity contribution is 8.01. The van der Waals surface area contributed by atoms with Gasteiger partial charge in [-0.25, -0.2) is 0 Å². The normalized spacial score (nSPS) is 10.3. The van der Waals surface area contributed by atoms with Crippen LogP contribution in [0.1, 0.15) is 15.9 Å². The summed E-state index contributed by atoms with van der Waals surface area (Å²) in [6.07, 6.45) is 0. The van der Waals surface area contributed by atoms with E-state index in [1.807, 2.05) is 30.3 Å². The molecule has 148 valence electrons. The van der Waals surface area contributed by atoms with Crippen molar-refractivity contribution in [2.45, 2.75) is 10.9 Å². The van der Waals surface area contributed by atoms with Crippen LogP contribution in [-0.4, -0.2) is 32.7 Å². The summed E-state index contributed by atoms with van der Waals surface area (Å²) in [6, 6.07) is 15.0. The highest BCUT2D eigenvalue weighted by Crippen LogP contribution is 2.26. The lowest BCUT2D eigenvalue weighted by atomic mass is 10.2. The van der Waals surface area contributed by atoms with Crippen LogP contribution in [0.3, 0.4) is 0 Å². The van der Waals surface area contributed by atoms with Crippen LogP contribution in [0.25, 0.3) is 0 Å². The Labute approximate surface area is 173 Å². The molecule has 0 atom stereocenters. The van der Waals surface area contributed by atoms with Gasteiger partial charge in [0.15, 0.2) is 4.34 Å². The number of anilines is 1. The SMILES string of the molecule is O=C(CSc1nnc(NC(=O)c2cccc([N+](=O)[O-])c2)s1)NCc1ccccc1. The number of amides is 2. The maximum Gasteiger partial charge on any atom is 0.270 e. The van der Waals surface area contributed by atoms with Gasteiger partial charge in [-0.15, -0.1) is 10.2 Å². The Balaban J connectivity index is 1.49. The fourth-order valence-electron chi connectivity index (χ4n) is 2.22. The van der Waals surface area contributed by atoms with Gasteiger partial charge < -0.3 is 5.32 Å². The first kappa shape index (κ1) is 20.4. The number of benzene rings is 2. The van der Waals surface area contributed by atoms with Gasteiger partial charge in [-0.1, -0.05) is 59.5 Å². The highest BCUT2D eigenvalue weighted by atomic mass is 32.2. The van der Waals surface area contributed by atoms with Crippen LogP contribution in [0.15, 0.2) is 58.9 Å². The number of thioether (sulfide) groups is 1. The summed E-state index contributed by atoms with van der Waals surface area (Å²) in [4.78, 5) is 34.4. The number of carbonyl (C=O) groups is 2. The van der Waals surface area contributed by atoms with Crippen LogP contribution < -0.4 is 10.6 Å². The Hall–Kier alpha value is -3.31. The van der Waals surface area contributed by atoms with E-state index in [-0.39, 0.29) is 28.0 Å². The number of non-ortho nitro benzene ring substituents is 1. The molecular weight excluding hydrogens is 414 g/mol. The number of carbonyl (C=O) groups excluding carboxylic acids is 2. The van der Waals surface area contributed by atoms with Crippen molar-refractivity contribution < 1.29 is 14.5 Å². The third-order valence-electron chi connectivity index (χ3n) is 3.61. The molecule has 3 rings (SSSR count). The van der Waals surface area contributed by atoms with Crippen molar-refractivity contribution in [1.29, 1.82) is 0 Å². The van der Waals surface area contributed by atoms with E-state index in [0.29, 0.717) is 10.9 Å². The zero-order valence-electron chi connectivity index (χ0n) is 14.9. The molecule has 0 unspecified atom stereocenters. The highest BCUT2D eigenvalue weighted by Gasteiger charge is 2.14. The van der Waals surface area contributed by atoms with E-state index >= 15 is 0 Å². The van der Waals surface area contributed by atoms with Gasteiger partial charge in [0, 0.05) is 24.2 Å². The van der Waals surface area contributed by atoms with Crippen LogP contribution in [0.2, 0.25) is 0 Å². The van der Waals surface area contributed by atoms with Crippen molar-refractivity contribution in [2.75, 3.05) is 11.1 Å².